The van der Waals surface area contributed by atoms with Crippen molar-refractivity contribution in [3.8, 4) is 0 Å². The number of nitrogens with one attached hydrogen (secondary N) is 1. The van der Waals surface area contributed by atoms with Crippen LogP contribution in [-0.4, -0.2) is 43.8 Å². The lowest BCUT2D eigenvalue weighted by Gasteiger charge is -2.30. The number of hydrogen-bond donors (Lipinski definition) is 1. The molecule has 1 amide bonds. The van der Waals surface area contributed by atoms with E-state index in [1.165, 1.54) is 12.8 Å². The van der Waals surface area contributed by atoms with Crippen LogP contribution in [0.4, 0.5) is 5.82 Å². The van der Waals surface area contributed by atoms with Crippen molar-refractivity contribution in [2.45, 2.75) is 39.2 Å². The monoisotopic (exact) mass is 379 g/mol. The maximum absolute atomic E-state index is 12.2. The lowest BCUT2D eigenvalue weighted by atomic mass is 9.99. The fraction of sp³-hybridized carbons (Fsp3) is 0.450. The van der Waals surface area contributed by atoms with E-state index >= 15 is 0 Å². The van der Waals surface area contributed by atoms with Gasteiger partial charge in [-0.05, 0) is 42.5 Å². The maximum Gasteiger partial charge on any atom is 0.220 e. The van der Waals surface area contributed by atoms with Crippen LogP contribution in [-0.2, 0) is 17.8 Å². The Kier molecular flexibility index (Phi) is 5.45. The Morgan fingerprint density at radius 2 is 2.07 bits per heavy atom. The molecule has 3 aromatic rings. The number of amides is 1. The number of rotatable bonds is 6. The quantitative estimate of drug-likeness (QED) is 0.705. The van der Waals surface area contributed by atoms with E-state index in [9.17, 15) is 4.79 Å². The standard InChI is InChI=1S/C20H25N7O/c1-15-8-11-26(12-9-15)19-5-4-17-23-24-18(27(17)25-19)6-7-20(28)22-14-16-3-2-10-21-13-16/h2-5,10,13,15H,6-9,11-12,14H2,1H3,(H,22,28). The van der Waals surface area contributed by atoms with Crippen molar-refractivity contribution in [2.24, 2.45) is 5.92 Å². The molecule has 8 heteroatoms. The first kappa shape index (κ1) is 18.3. The molecule has 4 heterocycles. The van der Waals surface area contributed by atoms with Crippen LogP contribution in [0.3, 0.4) is 0 Å². The first-order valence-electron chi connectivity index (χ1n) is 9.81. The van der Waals surface area contributed by atoms with Crippen molar-refractivity contribution in [1.29, 1.82) is 0 Å². The molecule has 1 fully saturated rings. The molecule has 1 aliphatic heterocycles. The minimum atomic E-state index is -0.0261. The molecular weight excluding hydrogens is 354 g/mol. The molecule has 0 atom stereocenters. The second-order valence-corrected chi connectivity index (χ2v) is 7.39. The third kappa shape index (κ3) is 4.27. The summed E-state index contributed by atoms with van der Waals surface area (Å²) in [6, 6.07) is 7.74. The Morgan fingerprint density at radius 3 is 2.86 bits per heavy atom. The zero-order valence-electron chi connectivity index (χ0n) is 16.1. The topological polar surface area (TPSA) is 88.3 Å². The molecule has 0 aromatic carbocycles. The molecular formula is C20H25N7O. The smallest absolute Gasteiger partial charge is 0.220 e. The number of hydrogen-bond acceptors (Lipinski definition) is 6. The molecule has 1 N–H and O–H groups in total. The van der Waals surface area contributed by atoms with Crippen LogP contribution in [0, 0.1) is 5.92 Å². The highest BCUT2D eigenvalue weighted by Crippen LogP contribution is 2.21. The van der Waals surface area contributed by atoms with Crippen molar-refractivity contribution in [1.82, 2.24) is 30.1 Å². The Balaban J connectivity index is 1.38. The van der Waals surface area contributed by atoms with Crippen LogP contribution in [0.5, 0.6) is 0 Å². The van der Waals surface area contributed by atoms with Gasteiger partial charge in [-0.15, -0.1) is 15.3 Å². The van der Waals surface area contributed by atoms with Crippen molar-refractivity contribution >= 4 is 17.4 Å². The largest absolute Gasteiger partial charge is 0.355 e. The summed E-state index contributed by atoms with van der Waals surface area (Å²) in [5.74, 6) is 2.40. The molecule has 1 aliphatic rings. The average molecular weight is 379 g/mol. The SMILES string of the molecule is CC1CCN(c2ccc3nnc(CCC(=O)NCc4cccnc4)n3n2)CC1. The number of carbonyl (C=O) groups excluding carboxylic acids is 1. The van der Waals surface area contributed by atoms with E-state index < -0.39 is 0 Å². The molecule has 4 rings (SSSR count). The van der Waals surface area contributed by atoms with E-state index in [4.69, 9.17) is 5.10 Å². The maximum atomic E-state index is 12.2. The van der Waals surface area contributed by atoms with E-state index in [-0.39, 0.29) is 5.91 Å². The summed E-state index contributed by atoms with van der Waals surface area (Å²) in [7, 11) is 0. The summed E-state index contributed by atoms with van der Waals surface area (Å²) in [6.45, 7) is 4.82. The van der Waals surface area contributed by atoms with E-state index in [0.29, 0.717) is 30.9 Å². The number of piperidine rings is 1. The number of pyridine rings is 1. The number of nitrogens with zero attached hydrogens (tertiary/aromatic N) is 6. The van der Waals surface area contributed by atoms with Crippen LogP contribution in [0.25, 0.3) is 5.65 Å². The minimum Gasteiger partial charge on any atom is -0.355 e. The summed E-state index contributed by atoms with van der Waals surface area (Å²) in [6.07, 6.45) is 6.67. The number of carbonyl (C=O) groups is 1. The van der Waals surface area contributed by atoms with Crippen molar-refractivity contribution in [2.75, 3.05) is 18.0 Å². The Morgan fingerprint density at radius 1 is 1.21 bits per heavy atom. The van der Waals surface area contributed by atoms with Crippen LogP contribution in [0.15, 0.2) is 36.7 Å². The summed E-state index contributed by atoms with van der Waals surface area (Å²) >= 11 is 0. The number of aromatic nitrogens is 5. The molecule has 0 bridgehead atoms. The highest BCUT2D eigenvalue weighted by atomic mass is 16.1. The summed E-state index contributed by atoms with van der Waals surface area (Å²) in [4.78, 5) is 18.5. The lowest BCUT2D eigenvalue weighted by molar-refractivity contribution is -0.121. The molecule has 0 radical (unpaired) electrons. The number of anilines is 1. The number of fused-ring (bicyclic) bond motifs is 1. The minimum absolute atomic E-state index is 0.0261. The van der Waals surface area contributed by atoms with Gasteiger partial charge in [0, 0.05) is 44.9 Å². The van der Waals surface area contributed by atoms with Crippen molar-refractivity contribution in [3.63, 3.8) is 0 Å². The van der Waals surface area contributed by atoms with E-state index in [1.807, 2.05) is 24.3 Å². The zero-order valence-corrected chi connectivity index (χ0v) is 16.1. The van der Waals surface area contributed by atoms with Crippen LogP contribution < -0.4 is 10.2 Å². The van der Waals surface area contributed by atoms with Crippen LogP contribution in [0.2, 0.25) is 0 Å². The average Bonchev–Trinajstić information content (AvgIpc) is 3.14. The molecule has 0 unspecified atom stereocenters. The van der Waals surface area contributed by atoms with Gasteiger partial charge in [0.2, 0.25) is 5.91 Å². The van der Waals surface area contributed by atoms with Gasteiger partial charge in [0.05, 0.1) is 0 Å². The Hall–Kier alpha value is -3.03. The van der Waals surface area contributed by atoms with Gasteiger partial charge in [-0.2, -0.15) is 4.52 Å². The zero-order chi connectivity index (χ0) is 19.3. The van der Waals surface area contributed by atoms with Gasteiger partial charge in [-0.3, -0.25) is 9.78 Å². The highest BCUT2D eigenvalue weighted by Gasteiger charge is 2.18. The van der Waals surface area contributed by atoms with Gasteiger partial charge in [0.15, 0.2) is 11.5 Å². The summed E-state index contributed by atoms with van der Waals surface area (Å²) in [5.41, 5.74) is 1.69. The van der Waals surface area contributed by atoms with Crippen LogP contribution in [0.1, 0.15) is 37.6 Å². The predicted molar refractivity (Wildman–Crippen MR) is 106 cm³/mol. The van der Waals surface area contributed by atoms with Crippen molar-refractivity contribution in [3.05, 3.63) is 48.0 Å². The first-order valence-corrected chi connectivity index (χ1v) is 9.81. The van der Waals surface area contributed by atoms with Gasteiger partial charge in [0.1, 0.15) is 5.82 Å². The number of aryl methyl sites for hydroxylation is 1. The molecule has 3 aromatic heterocycles. The third-order valence-corrected chi connectivity index (χ3v) is 5.21. The van der Waals surface area contributed by atoms with E-state index in [0.717, 1.165) is 30.4 Å². The lowest BCUT2D eigenvalue weighted by Crippen LogP contribution is -2.33. The molecule has 1 saturated heterocycles. The second kappa shape index (κ2) is 8.33. The van der Waals surface area contributed by atoms with Gasteiger partial charge < -0.3 is 10.2 Å². The summed E-state index contributed by atoms with van der Waals surface area (Å²) in [5, 5.41) is 16.1. The van der Waals surface area contributed by atoms with E-state index in [1.54, 1.807) is 16.9 Å². The molecule has 0 aliphatic carbocycles. The molecule has 0 saturated carbocycles. The van der Waals surface area contributed by atoms with Gasteiger partial charge in [-0.25, -0.2) is 0 Å². The van der Waals surface area contributed by atoms with Crippen molar-refractivity contribution < 1.29 is 4.79 Å². The van der Waals surface area contributed by atoms with Gasteiger partial charge in [-0.1, -0.05) is 13.0 Å². The highest BCUT2D eigenvalue weighted by molar-refractivity contribution is 5.76. The first-order chi connectivity index (χ1) is 13.7. The molecule has 146 valence electrons. The molecule has 8 nitrogen and oxygen atoms in total. The molecule has 0 spiro atoms. The second-order valence-electron chi connectivity index (χ2n) is 7.39. The van der Waals surface area contributed by atoms with E-state index in [2.05, 4.69) is 32.3 Å². The predicted octanol–water partition coefficient (Wildman–Crippen LogP) is 2.00. The van der Waals surface area contributed by atoms with Gasteiger partial charge in [0.25, 0.3) is 0 Å². The normalized spacial score (nSPS) is 15.1. The Labute approximate surface area is 164 Å². The summed E-state index contributed by atoms with van der Waals surface area (Å²) < 4.78 is 1.77. The fourth-order valence-electron chi connectivity index (χ4n) is 3.40. The third-order valence-electron chi connectivity index (χ3n) is 5.21. The Bertz CT molecular complexity index is 932. The fourth-order valence-corrected chi connectivity index (χ4v) is 3.40. The van der Waals surface area contributed by atoms with Crippen LogP contribution >= 0.6 is 0 Å². The molecule has 28 heavy (non-hydrogen) atoms. The van der Waals surface area contributed by atoms with Gasteiger partial charge >= 0.3 is 0 Å².